The Kier molecular flexibility index (Phi) is 2.84. The third-order valence-electron chi connectivity index (χ3n) is 2.45. The molecule has 0 aliphatic heterocycles. The third kappa shape index (κ3) is 1.77. The van der Waals surface area contributed by atoms with E-state index in [4.69, 9.17) is 5.73 Å². The molecule has 2 rings (SSSR count). The minimum Gasteiger partial charge on any atom is -0.385 e. The zero-order valence-electron chi connectivity index (χ0n) is 9.38. The van der Waals surface area contributed by atoms with Crippen LogP contribution in [0.2, 0.25) is 0 Å². The molecule has 16 heavy (non-hydrogen) atoms. The van der Waals surface area contributed by atoms with E-state index in [1.807, 2.05) is 19.9 Å². The molecular weight excluding hydrogens is 206 g/mol. The van der Waals surface area contributed by atoms with Crippen molar-refractivity contribution in [3.8, 4) is 0 Å². The molecule has 6 heteroatoms. The van der Waals surface area contributed by atoms with Crippen LogP contribution in [0.15, 0.2) is 6.07 Å². The van der Waals surface area contributed by atoms with Crippen molar-refractivity contribution >= 4 is 5.65 Å². The molecule has 0 bridgehead atoms. The Hall–Kier alpha value is -1.53. The zero-order valence-corrected chi connectivity index (χ0v) is 9.38. The molecule has 0 radical (unpaired) electrons. The topological polar surface area (TPSA) is 89.3 Å². The van der Waals surface area contributed by atoms with E-state index >= 15 is 0 Å². The lowest BCUT2D eigenvalue weighted by atomic mass is 10.2. The first kappa shape index (κ1) is 11.0. The molecule has 86 valence electrons. The van der Waals surface area contributed by atoms with Crippen LogP contribution >= 0.6 is 0 Å². The molecule has 3 N–H and O–H groups in total. The third-order valence-corrected chi connectivity index (χ3v) is 2.45. The molecule has 2 aromatic rings. The second-order valence-corrected chi connectivity index (χ2v) is 3.79. The summed E-state index contributed by atoms with van der Waals surface area (Å²) in [4.78, 5) is 4.32. The summed E-state index contributed by atoms with van der Waals surface area (Å²) in [5.41, 5.74) is 7.00. The molecule has 6 nitrogen and oxygen atoms in total. The standard InChI is InChI=1S/C10H15N5O/c1-6-5-9-13-14-10(8(16)3-4-11)15(9)7(2)12-6/h5,8,16H,3-4,11H2,1-2H3. The van der Waals surface area contributed by atoms with Crippen LogP contribution < -0.4 is 5.73 Å². The number of aliphatic hydroxyl groups is 1. The van der Waals surface area contributed by atoms with Gasteiger partial charge in [-0.15, -0.1) is 10.2 Å². The first-order valence-electron chi connectivity index (χ1n) is 5.21. The fourth-order valence-corrected chi connectivity index (χ4v) is 1.76. The van der Waals surface area contributed by atoms with Gasteiger partial charge < -0.3 is 10.8 Å². The van der Waals surface area contributed by atoms with Gasteiger partial charge in [-0.05, 0) is 26.8 Å². The largest absolute Gasteiger partial charge is 0.385 e. The normalized spacial score (nSPS) is 13.2. The first-order valence-corrected chi connectivity index (χ1v) is 5.21. The van der Waals surface area contributed by atoms with Gasteiger partial charge in [0.15, 0.2) is 11.5 Å². The Morgan fingerprint density at radius 1 is 1.44 bits per heavy atom. The molecular formula is C10H15N5O. The number of nitrogens with two attached hydrogens (primary N) is 1. The minimum atomic E-state index is -0.691. The van der Waals surface area contributed by atoms with Crippen molar-refractivity contribution in [3.63, 3.8) is 0 Å². The van der Waals surface area contributed by atoms with Crippen LogP contribution in [-0.4, -0.2) is 31.2 Å². The van der Waals surface area contributed by atoms with E-state index in [1.54, 1.807) is 4.40 Å². The molecule has 0 saturated carbocycles. The molecule has 0 spiro atoms. The van der Waals surface area contributed by atoms with Crippen LogP contribution in [0.3, 0.4) is 0 Å². The fraction of sp³-hybridized carbons (Fsp3) is 0.500. The maximum atomic E-state index is 9.87. The van der Waals surface area contributed by atoms with Crippen molar-refractivity contribution in [2.45, 2.75) is 26.4 Å². The quantitative estimate of drug-likeness (QED) is 0.768. The maximum Gasteiger partial charge on any atom is 0.167 e. The number of aryl methyl sites for hydroxylation is 2. The van der Waals surface area contributed by atoms with E-state index in [0.29, 0.717) is 24.4 Å². The summed E-state index contributed by atoms with van der Waals surface area (Å²) in [6, 6.07) is 1.83. The van der Waals surface area contributed by atoms with Crippen molar-refractivity contribution in [3.05, 3.63) is 23.4 Å². The van der Waals surface area contributed by atoms with Gasteiger partial charge in [0.1, 0.15) is 11.9 Å². The van der Waals surface area contributed by atoms with Crippen molar-refractivity contribution in [1.29, 1.82) is 0 Å². The lowest BCUT2D eigenvalue weighted by Gasteiger charge is -2.08. The van der Waals surface area contributed by atoms with E-state index in [1.165, 1.54) is 0 Å². The van der Waals surface area contributed by atoms with Gasteiger partial charge in [-0.2, -0.15) is 0 Å². The lowest BCUT2D eigenvalue weighted by molar-refractivity contribution is 0.159. The van der Waals surface area contributed by atoms with Crippen LogP contribution in [-0.2, 0) is 0 Å². The van der Waals surface area contributed by atoms with Crippen LogP contribution in [0.25, 0.3) is 5.65 Å². The molecule has 1 unspecified atom stereocenters. The van der Waals surface area contributed by atoms with E-state index in [9.17, 15) is 5.11 Å². The van der Waals surface area contributed by atoms with Gasteiger partial charge in [0.2, 0.25) is 0 Å². The summed E-state index contributed by atoms with van der Waals surface area (Å²) >= 11 is 0. The average Bonchev–Trinajstić information content (AvgIpc) is 2.61. The van der Waals surface area contributed by atoms with Crippen molar-refractivity contribution in [1.82, 2.24) is 19.6 Å². The Morgan fingerprint density at radius 3 is 2.88 bits per heavy atom. The number of hydrogen-bond donors (Lipinski definition) is 2. The van der Waals surface area contributed by atoms with Crippen LogP contribution in [0.4, 0.5) is 0 Å². The number of hydrogen-bond acceptors (Lipinski definition) is 5. The van der Waals surface area contributed by atoms with Crippen LogP contribution in [0.5, 0.6) is 0 Å². The van der Waals surface area contributed by atoms with E-state index in [-0.39, 0.29) is 0 Å². The van der Waals surface area contributed by atoms with Gasteiger partial charge in [-0.25, -0.2) is 4.98 Å². The zero-order chi connectivity index (χ0) is 11.7. The number of aliphatic hydroxyl groups excluding tert-OH is 1. The first-order chi connectivity index (χ1) is 7.63. The van der Waals surface area contributed by atoms with E-state index in [2.05, 4.69) is 15.2 Å². The summed E-state index contributed by atoms with van der Waals surface area (Å²) in [5, 5.41) is 17.9. The SMILES string of the molecule is Cc1cc2nnc(C(O)CCN)n2c(C)n1. The molecule has 0 saturated heterocycles. The Labute approximate surface area is 93.1 Å². The molecule has 2 heterocycles. The van der Waals surface area contributed by atoms with Crippen molar-refractivity contribution in [2.75, 3.05) is 6.54 Å². The fourth-order valence-electron chi connectivity index (χ4n) is 1.76. The summed E-state index contributed by atoms with van der Waals surface area (Å²) in [7, 11) is 0. The molecule has 0 aromatic carbocycles. The van der Waals surface area contributed by atoms with Crippen molar-refractivity contribution in [2.24, 2.45) is 5.73 Å². The molecule has 0 fully saturated rings. The lowest BCUT2D eigenvalue weighted by Crippen LogP contribution is -2.11. The van der Waals surface area contributed by atoms with Gasteiger partial charge in [0.25, 0.3) is 0 Å². The highest BCUT2D eigenvalue weighted by atomic mass is 16.3. The molecule has 1 atom stereocenters. The molecule has 2 aromatic heterocycles. The summed E-state index contributed by atoms with van der Waals surface area (Å²) in [5.74, 6) is 1.27. The summed E-state index contributed by atoms with van der Waals surface area (Å²) < 4.78 is 1.76. The second kappa shape index (κ2) is 4.15. The van der Waals surface area contributed by atoms with E-state index in [0.717, 1.165) is 11.5 Å². The van der Waals surface area contributed by atoms with Crippen LogP contribution in [0, 0.1) is 13.8 Å². The highest BCUT2D eigenvalue weighted by Crippen LogP contribution is 2.16. The smallest absolute Gasteiger partial charge is 0.167 e. The average molecular weight is 221 g/mol. The summed E-state index contributed by atoms with van der Waals surface area (Å²) in [6.45, 7) is 4.17. The van der Waals surface area contributed by atoms with Crippen LogP contribution in [0.1, 0.15) is 29.9 Å². The number of aromatic nitrogens is 4. The van der Waals surface area contributed by atoms with Gasteiger partial charge >= 0.3 is 0 Å². The Balaban J connectivity index is 2.55. The van der Waals surface area contributed by atoms with Gasteiger partial charge in [-0.3, -0.25) is 4.40 Å². The maximum absolute atomic E-state index is 9.87. The molecule has 0 aliphatic carbocycles. The molecule has 0 aliphatic rings. The van der Waals surface area contributed by atoms with Crippen molar-refractivity contribution < 1.29 is 5.11 Å². The second-order valence-electron chi connectivity index (χ2n) is 3.79. The highest BCUT2D eigenvalue weighted by molar-refractivity contribution is 5.40. The number of fused-ring (bicyclic) bond motifs is 1. The number of rotatable bonds is 3. The predicted molar refractivity (Wildman–Crippen MR) is 58.9 cm³/mol. The summed E-state index contributed by atoms with van der Waals surface area (Å²) in [6.07, 6.45) is -0.225. The monoisotopic (exact) mass is 221 g/mol. The Bertz CT molecular complexity index is 507. The van der Waals surface area contributed by atoms with E-state index < -0.39 is 6.10 Å². The van der Waals surface area contributed by atoms with Gasteiger partial charge in [-0.1, -0.05) is 0 Å². The number of nitrogens with zero attached hydrogens (tertiary/aromatic N) is 4. The predicted octanol–water partition coefficient (Wildman–Crippen LogP) is 0.123. The van der Waals surface area contributed by atoms with Gasteiger partial charge in [0.05, 0.1) is 0 Å². The Morgan fingerprint density at radius 2 is 2.19 bits per heavy atom. The molecule has 0 amide bonds. The van der Waals surface area contributed by atoms with Gasteiger partial charge in [0, 0.05) is 11.8 Å². The minimum absolute atomic E-state index is 0.411. The highest BCUT2D eigenvalue weighted by Gasteiger charge is 2.16.